The second-order valence-electron chi connectivity index (χ2n) is 4.12. The fraction of sp³-hybridized carbons (Fsp3) is 0. The highest BCUT2D eigenvalue weighted by Gasteiger charge is 2.12. The third-order valence-corrected chi connectivity index (χ3v) is 3.05. The highest BCUT2D eigenvalue weighted by atomic mass is 16.3. The van der Waals surface area contributed by atoms with Crippen LogP contribution in [0.4, 0.5) is 0 Å². The predicted molar refractivity (Wildman–Crippen MR) is 68.7 cm³/mol. The molecule has 3 heterocycles. The van der Waals surface area contributed by atoms with Crippen LogP contribution in [0.5, 0.6) is 0 Å². The maximum atomic E-state index is 12.4. The number of para-hydroxylation sites is 1. The molecular formula is C14H8N2O2. The van der Waals surface area contributed by atoms with E-state index in [9.17, 15) is 4.79 Å². The molecule has 0 amide bonds. The molecular weight excluding hydrogens is 228 g/mol. The number of imidazole rings is 1. The summed E-state index contributed by atoms with van der Waals surface area (Å²) in [6.45, 7) is 0. The summed E-state index contributed by atoms with van der Waals surface area (Å²) < 4.78 is 7.44. The molecule has 0 bridgehead atoms. The lowest BCUT2D eigenvalue weighted by molar-refractivity contribution is 0.648. The predicted octanol–water partition coefficient (Wildman–Crippen LogP) is 2.59. The number of benzene rings is 1. The number of nitrogens with zero attached hydrogens (tertiary/aromatic N) is 2. The van der Waals surface area contributed by atoms with E-state index in [0.29, 0.717) is 27.8 Å². The van der Waals surface area contributed by atoms with Gasteiger partial charge in [-0.25, -0.2) is 0 Å². The molecule has 4 heteroatoms. The minimum Gasteiger partial charge on any atom is -0.436 e. The van der Waals surface area contributed by atoms with E-state index in [4.69, 9.17) is 4.42 Å². The zero-order valence-electron chi connectivity index (χ0n) is 9.33. The molecule has 0 unspecified atom stereocenters. The summed E-state index contributed by atoms with van der Waals surface area (Å²) in [5, 5.41) is 0.579. The van der Waals surface area contributed by atoms with Gasteiger partial charge in [-0.3, -0.25) is 9.20 Å². The van der Waals surface area contributed by atoms with Crippen molar-refractivity contribution in [1.82, 2.24) is 9.38 Å². The van der Waals surface area contributed by atoms with Gasteiger partial charge < -0.3 is 4.42 Å². The molecule has 0 aliphatic heterocycles. The average molecular weight is 236 g/mol. The largest absolute Gasteiger partial charge is 0.436 e. The van der Waals surface area contributed by atoms with Crippen molar-refractivity contribution in [3.63, 3.8) is 0 Å². The summed E-state index contributed by atoms with van der Waals surface area (Å²) in [6.07, 6.45) is 1.82. The van der Waals surface area contributed by atoms with Crippen molar-refractivity contribution in [2.24, 2.45) is 0 Å². The first-order valence-corrected chi connectivity index (χ1v) is 5.63. The van der Waals surface area contributed by atoms with Crippen molar-refractivity contribution in [3.05, 3.63) is 58.9 Å². The van der Waals surface area contributed by atoms with Gasteiger partial charge in [0.15, 0.2) is 5.52 Å². The van der Waals surface area contributed by atoms with Crippen molar-refractivity contribution in [2.75, 3.05) is 0 Å². The molecule has 0 aliphatic rings. The van der Waals surface area contributed by atoms with Crippen LogP contribution in [-0.2, 0) is 0 Å². The Hall–Kier alpha value is -2.62. The first-order valence-electron chi connectivity index (χ1n) is 5.63. The highest BCUT2D eigenvalue weighted by Crippen LogP contribution is 2.18. The fourth-order valence-corrected chi connectivity index (χ4v) is 2.23. The molecule has 3 aromatic heterocycles. The third-order valence-electron chi connectivity index (χ3n) is 3.05. The maximum Gasteiger partial charge on any atom is 0.250 e. The maximum absolute atomic E-state index is 12.4. The Labute approximate surface area is 101 Å². The van der Waals surface area contributed by atoms with Gasteiger partial charge in [-0.15, -0.1) is 0 Å². The Balaban J connectivity index is 2.39. The normalized spacial score (nSPS) is 11.6. The van der Waals surface area contributed by atoms with Crippen LogP contribution in [0.2, 0.25) is 0 Å². The molecule has 18 heavy (non-hydrogen) atoms. The van der Waals surface area contributed by atoms with Gasteiger partial charge >= 0.3 is 0 Å². The number of hydrogen-bond donors (Lipinski definition) is 0. The Morgan fingerprint density at radius 1 is 1.06 bits per heavy atom. The van der Waals surface area contributed by atoms with Gasteiger partial charge in [-0.2, -0.15) is 4.98 Å². The van der Waals surface area contributed by atoms with E-state index in [2.05, 4.69) is 4.98 Å². The van der Waals surface area contributed by atoms with Crippen molar-refractivity contribution < 1.29 is 4.42 Å². The molecule has 0 saturated carbocycles. The van der Waals surface area contributed by atoms with Crippen molar-refractivity contribution in [2.45, 2.75) is 0 Å². The molecule has 0 atom stereocenters. The van der Waals surface area contributed by atoms with Crippen molar-refractivity contribution >= 4 is 27.8 Å². The van der Waals surface area contributed by atoms with E-state index in [-0.39, 0.29) is 5.43 Å². The SMILES string of the molecule is O=c1c2ccccc2oc2nc3ccccn3c12. The van der Waals surface area contributed by atoms with E-state index < -0.39 is 0 Å². The van der Waals surface area contributed by atoms with E-state index in [1.54, 1.807) is 16.5 Å². The van der Waals surface area contributed by atoms with E-state index in [1.807, 2.05) is 36.5 Å². The van der Waals surface area contributed by atoms with Gasteiger partial charge in [0, 0.05) is 6.20 Å². The first-order chi connectivity index (χ1) is 8.84. The van der Waals surface area contributed by atoms with Crippen LogP contribution >= 0.6 is 0 Å². The minimum absolute atomic E-state index is 0.0504. The molecule has 86 valence electrons. The number of aromatic nitrogens is 2. The van der Waals surface area contributed by atoms with Gasteiger partial charge in [0.2, 0.25) is 11.1 Å². The standard InChI is InChI=1S/C14H8N2O2/c17-13-9-5-1-2-6-10(9)18-14-12(13)16-8-4-3-7-11(16)15-14/h1-8H. The van der Waals surface area contributed by atoms with Crippen molar-refractivity contribution in [3.8, 4) is 0 Å². The zero-order chi connectivity index (χ0) is 12.1. The summed E-state index contributed by atoms with van der Waals surface area (Å²) >= 11 is 0. The van der Waals surface area contributed by atoms with Crippen LogP contribution in [-0.4, -0.2) is 9.38 Å². The van der Waals surface area contributed by atoms with Crippen LogP contribution in [0.3, 0.4) is 0 Å². The Kier molecular flexibility index (Phi) is 1.67. The van der Waals surface area contributed by atoms with E-state index >= 15 is 0 Å². The second kappa shape index (κ2) is 3.20. The van der Waals surface area contributed by atoms with Crippen LogP contribution < -0.4 is 5.43 Å². The number of hydrogen-bond acceptors (Lipinski definition) is 3. The fourth-order valence-electron chi connectivity index (χ4n) is 2.23. The number of rotatable bonds is 0. The van der Waals surface area contributed by atoms with Gasteiger partial charge in [-0.1, -0.05) is 18.2 Å². The lowest BCUT2D eigenvalue weighted by Crippen LogP contribution is -2.03. The molecule has 4 rings (SSSR count). The van der Waals surface area contributed by atoms with Gasteiger partial charge in [0.1, 0.15) is 11.2 Å². The molecule has 4 aromatic rings. The third kappa shape index (κ3) is 1.09. The van der Waals surface area contributed by atoms with Crippen molar-refractivity contribution in [1.29, 1.82) is 0 Å². The Bertz CT molecular complexity index is 950. The van der Waals surface area contributed by atoms with Gasteiger partial charge in [0.25, 0.3) is 0 Å². The van der Waals surface area contributed by atoms with Crippen LogP contribution in [0, 0.1) is 0 Å². The molecule has 0 fully saturated rings. The lowest BCUT2D eigenvalue weighted by Gasteiger charge is -1.96. The number of pyridine rings is 1. The quantitative estimate of drug-likeness (QED) is 0.471. The molecule has 0 saturated heterocycles. The summed E-state index contributed by atoms with van der Waals surface area (Å²) in [4.78, 5) is 16.8. The van der Waals surface area contributed by atoms with E-state index in [1.165, 1.54) is 0 Å². The molecule has 0 N–H and O–H groups in total. The highest BCUT2D eigenvalue weighted by molar-refractivity contribution is 5.88. The average Bonchev–Trinajstić information content (AvgIpc) is 2.77. The smallest absolute Gasteiger partial charge is 0.250 e. The zero-order valence-corrected chi connectivity index (χ0v) is 9.33. The van der Waals surface area contributed by atoms with Crippen LogP contribution in [0.1, 0.15) is 0 Å². The molecule has 0 spiro atoms. The topological polar surface area (TPSA) is 47.5 Å². The molecule has 4 nitrogen and oxygen atoms in total. The van der Waals surface area contributed by atoms with E-state index in [0.717, 1.165) is 0 Å². The summed E-state index contributed by atoms with van der Waals surface area (Å²) in [7, 11) is 0. The molecule has 0 radical (unpaired) electrons. The summed E-state index contributed by atoms with van der Waals surface area (Å²) in [5.74, 6) is 0. The van der Waals surface area contributed by atoms with Gasteiger partial charge in [-0.05, 0) is 24.3 Å². The Morgan fingerprint density at radius 3 is 2.83 bits per heavy atom. The first kappa shape index (κ1) is 9.41. The number of fused-ring (bicyclic) bond motifs is 4. The van der Waals surface area contributed by atoms with Gasteiger partial charge in [0.05, 0.1) is 5.39 Å². The minimum atomic E-state index is -0.0504. The Morgan fingerprint density at radius 2 is 1.89 bits per heavy atom. The summed E-state index contributed by atoms with van der Waals surface area (Å²) in [6, 6.07) is 12.8. The second-order valence-corrected chi connectivity index (χ2v) is 4.12. The van der Waals surface area contributed by atoms with Crippen LogP contribution in [0.15, 0.2) is 57.9 Å². The monoisotopic (exact) mass is 236 g/mol. The molecule has 0 aliphatic carbocycles. The molecule has 1 aromatic carbocycles. The van der Waals surface area contributed by atoms with Crippen LogP contribution in [0.25, 0.3) is 27.8 Å². The summed E-state index contributed by atoms with van der Waals surface area (Å²) in [5.41, 5.74) is 2.10. The lowest BCUT2D eigenvalue weighted by atomic mass is 10.2.